The average molecular weight is 385 g/mol. The van der Waals surface area contributed by atoms with Crippen LogP contribution in [-0.2, 0) is 14.4 Å². The standard InChI is InChI=1S/C19H36N4O4/c1-5-6-7-8-11-16(25)23-17(13(2)3)18(26)22-15(14(4)24)10-9-12-21-19(20)27/h13,15,17H,5-12H2,1-4H3,(H,22,26)(H,23,25)(H3,20,21,27). The monoisotopic (exact) mass is 384 g/mol. The third-order valence-electron chi connectivity index (χ3n) is 4.30. The lowest BCUT2D eigenvalue weighted by Crippen LogP contribution is -2.53. The smallest absolute Gasteiger partial charge is 0.312 e. The third kappa shape index (κ3) is 12.0. The minimum Gasteiger partial charge on any atom is -0.352 e. The Labute approximate surface area is 162 Å². The number of hydrogen-bond acceptors (Lipinski definition) is 4. The maximum atomic E-state index is 12.6. The van der Waals surface area contributed by atoms with Gasteiger partial charge in [-0.3, -0.25) is 14.4 Å². The van der Waals surface area contributed by atoms with Crippen molar-refractivity contribution in [3.8, 4) is 0 Å². The molecule has 27 heavy (non-hydrogen) atoms. The van der Waals surface area contributed by atoms with Crippen LogP contribution in [0.3, 0.4) is 0 Å². The fourth-order valence-corrected chi connectivity index (χ4v) is 2.65. The van der Waals surface area contributed by atoms with Gasteiger partial charge < -0.3 is 21.7 Å². The number of Topliss-reactive ketones (excluding diaryl/α,β-unsaturated/α-hetero) is 1. The van der Waals surface area contributed by atoms with Crippen molar-refractivity contribution in [3.05, 3.63) is 0 Å². The fourth-order valence-electron chi connectivity index (χ4n) is 2.65. The normalized spacial score (nSPS) is 12.9. The summed E-state index contributed by atoms with van der Waals surface area (Å²) in [5.74, 6) is -0.787. The first-order valence-corrected chi connectivity index (χ1v) is 9.82. The van der Waals surface area contributed by atoms with Crippen LogP contribution in [0.25, 0.3) is 0 Å². The topological polar surface area (TPSA) is 130 Å². The molecular weight excluding hydrogens is 348 g/mol. The zero-order chi connectivity index (χ0) is 20.8. The van der Waals surface area contributed by atoms with Crippen molar-refractivity contribution in [2.45, 2.75) is 84.7 Å². The van der Waals surface area contributed by atoms with Crippen LogP contribution in [0, 0.1) is 5.92 Å². The van der Waals surface area contributed by atoms with E-state index in [-0.39, 0.29) is 23.5 Å². The Morgan fingerprint density at radius 3 is 2.15 bits per heavy atom. The fraction of sp³-hybridized carbons (Fsp3) is 0.789. The summed E-state index contributed by atoms with van der Waals surface area (Å²) >= 11 is 0. The molecule has 156 valence electrons. The van der Waals surface area contributed by atoms with Crippen LogP contribution in [0.2, 0.25) is 0 Å². The van der Waals surface area contributed by atoms with E-state index < -0.39 is 18.1 Å². The van der Waals surface area contributed by atoms with E-state index in [1.54, 1.807) is 0 Å². The van der Waals surface area contributed by atoms with Crippen LogP contribution >= 0.6 is 0 Å². The lowest BCUT2D eigenvalue weighted by Gasteiger charge is -2.24. The lowest BCUT2D eigenvalue weighted by atomic mass is 10.0. The second-order valence-electron chi connectivity index (χ2n) is 7.20. The number of amides is 4. The number of primary amides is 1. The summed E-state index contributed by atoms with van der Waals surface area (Å²) in [6.45, 7) is 7.54. The van der Waals surface area contributed by atoms with Crippen LogP contribution in [0.1, 0.15) is 72.6 Å². The van der Waals surface area contributed by atoms with Gasteiger partial charge in [0, 0.05) is 13.0 Å². The van der Waals surface area contributed by atoms with E-state index in [4.69, 9.17) is 5.73 Å². The molecule has 2 atom stereocenters. The van der Waals surface area contributed by atoms with E-state index in [2.05, 4.69) is 22.9 Å². The number of carbonyl (C=O) groups excluding carboxylic acids is 4. The van der Waals surface area contributed by atoms with Gasteiger partial charge in [-0.1, -0.05) is 40.0 Å². The Morgan fingerprint density at radius 2 is 1.63 bits per heavy atom. The first-order chi connectivity index (χ1) is 12.7. The maximum Gasteiger partial charge on any atom is 0.312 e. The predicted octanol–water partition coefficient (Wildman–Crippen LogP) is 1.62. The highest BCUT2D eigenvalue weighted by Gasteiger charge is 2.27. The quantitative estimate of drug-likeness (QED) is 0.339. The van der Waals surface area contributed by atoms with Gasteiger partial charge in [0.15, 0.2) is 5.78 Å². The molecule has 0 heterocycles. The number of ketones is 1. The molecule has 0 spiro atoms. The number of nitrogens with two attached hydrogens (primary N) is 1. The van der Waals surface area contributed by atoms with Crippen LogP contribution in [0.5, 0.6) is 0 Å². The largest absolute Gasteiger partial charge is 0.352 e. The minimum atomic E-state index is -0.686. The van der Waals surface area contributed by atoms with Crippen LogP contribution < -0.4 is 21.7 Å². The van der Waals surface area contributed by atoms with Crippen molar-refractivity contribution < 1.29 is 19.2 Å². The Kier molecular flexibility index (Phi) is 12.9. The molecule has 0 bridgehead atoms. The van der Waals surface area contributed by atoms with Crippen LogP contribution in [0.15, 0.2) is 0 Å². The number of carbonyl (C=O) groups is 4. The first-order valence-electron chi connectivity index (χ1n) is 9.82. The molecular formula is C19H36N4O4. The number of unbranched alkanes of at least 4 members (excludes halogenated alkanes) is 3. The maximum absolute atomic E-state index is 12.6. The highest BCUT2D eigenvalue weighted by atomic mass is 16.2. The number of hydrogen-bond donors (Lipinski definition) is 4. The molecule has 0 aromatic rings. The zero-order valence-electron chi connectivity index (χ0n) is 17.1. The highest BCUT2D eigenvalue weighted by molar-refractivity contribution is 5.92. The Bertz CT molecular complexity index is 494. The lowest BCUT2D eigenvalue weighted by molar-refractivity contribution is -0.132. The van der Waals surface area contributed by atoms with Gasteiger partial charge in [0.2, 0.25) is 11.8 Å². The molecule has 8 nitrogen and oxygen atoms in total. The number of nitrogens with one attached hydrogen (secondary N) is 3. The number of rotatable bonds is 14. The molecule has 8 heteroatoms. The molecule has 5 N–H and O–H groups in total. The van der Waals surface area contributed by atoms with Gasteiger partial charge in [-0.25, -0.2) is 4.79 Å². The third-order valence-corrected chi connectivity index (χ3v) is 4.30. The summed E-state index contributed by atoms with van der Waals surface area (Å²) in [4.78, 5) is 47.2. The molecule has 4 amide bonds. The van der Waals surface area contributed by atoms with Gasteiger partial charge in [-0.05, 0) is 32.1 Å². The van der Waals surface area contributed by atoms with E-state index >= 15 is 0 Å². The highest BCUT2D eigenvalue weighted by Crippen LogP contribution is 2.07. The van der Waals surface area contributed by atoms with Crippen LogP contribution in [0.4, 0.5) is 4.79 Å². The van der Waals surface area contributed by atoms with Gasteiger partial charge >= 0.3 is 6.03 Å². The predicted molar refractivity (Wildman–Crippen MR) is 105 cm³/mol. The SMILES string of the molecule is CCCCCCC(=O)NC(C(=O)NC(CCCNC(N)=O)C(C)=O)C(C)C. The first kappa shape index (κ1) is 24.9. The molecule has 0 aromatic heterocycles. The minimum absolute atomic E-state index is 0.103. The molecule has 0 rings (SSSR count). The molecule has 0 radical (unpaired) electrons. The van der Waals surface area contributed by atoms with Gasteiger partial charge in [-0.2, -0.15) is 0 Å². The molecule has 0 aliphatic rings. The van der Waals surface area contributed by atoms with E-state index in [9.17, 15) is 19.2 Å². The molecule has 0 aromatic carbocycles. The zero-order valence-corrected chi connectivity index (χ0v) is 17.1. The second kappa shape index (κ2) is 14.0. The summed E-state index contributed by atoms with van der Waals surface area (Å²) < 4.78 is 0. The van der Waals surface area contributed by atoms with E-state index in [0.717, 1.165) is 25.7 Å². The van der Waals surface area contributed by atoms with Gasteiger partial charge in [0.05, 0.1) is 6.04 Å². The van der Waals surface area contributed by atoms with Gasteiger partial charge in [0.1, 0.15) is 6.04 Å². The molecule has 0 aliphatic carbocycles. The summed E-state index contributed by atoms with van der Waals surface area (Å²) in [5.41, 5.74) is 4.99. The summed E-state index contributed by atoms with van der Waals surface area (Å²) in [7, 11) is 0. The summed E-state index contributed by atoms with van der Waals surface area (Å²) in [6.07, 6.45) is 5.27. The molecule has 0 fully saturated rings. The second-order valence-corrected chi connectivity index (χ2v) is 7.20. The van der Waals surface area contributed by atoms with Crippen molar-refractivity contribution in [1.82, 2.24) is 16.0 Å². The van der Waals surface area contributed by atoms with Crippen molar-refractivity contribution in [2.75, 3.05) is 6.54 Å². The van der Waals surface area contributed by atoms with E-state index in [1.807, 2.05) is 13.8 Å². The molecule has 0 saturated heterocycles. The van der Waals surface area contributed by atoms with E-state index in [1.165, 1.54) is 6.92 Å². The average Bonchev–Trinajstić information content (AvgIpc) is 2.58. The van der Waals surface area contributed by atoms with Gasteiger partial charge in [0.25, 0.3) is 0 Å². The van der Waals surface area contributed by atoms with Crippen molar-refractivity contribution in [2.24, 2.45) is 11.7 Å². The number of urea groups is 1. The Morgan fingerprint density at radius 1 is 0.963 bits per heavy atom. The van der Waals surface area contributed by atoms with Crippen LogP contribution in [-0.4, -0.2) is 42.3 Å². The molecule has 0 saturated carbocycles. The molecule has 0 aliphatic heterocycles. The van der Waals surface area contributed by atoms with Gasteiger partial charge in [-0.15, -0.1) is 0 Å². The summed E-state index contributed by atoms with van der Waals surface area (Å²) in [6, 6.07) is -1.97. The van der Waals surface area contributed by atoms with E-state index in [0.29, 0.717) is 25.8 Å². The van der Waals surface area contributed by atoms with Crippen molar-refractivity contribution >= 4 is 23.6 Å². The Hall–Kier alpha value is -2.12. The van der Waals surface area contributed by atoms with Crippen molar-refractivity contribution in [1.29, 1.82) is 0 Å². The Balaban J connectivity index is 4.61. The molecule has 2 unspecified atom stereocenters. The summed E-state index contributed by atoms with van der Waals surface area (Å²) in [5, 5.41) is 7.95. The van der Waals surface area contributed by atoms with Crippen molar-refractivity contribution in [3.63, 3.8) is 0 Å².